The summed E-state index contributed by atoms with van der Waals surface area (Å²) in [6, 6.07) is 7.59. The Kier molecular flexibility index (Phi) is 3.46. The fourth-order valence-electron chi connectivity index (χ4n) is 1.68. The topological polar surface area (TPSA) is 44.9 Å². The van der Waals surface area contributed by atoms with Crippen molar-refractivity contribution in [3.63, 3.8) is 0 Å². The van der Waals surface area contributed by atoms with Crippen LogP contribution in [0.2, 0.25) is 0 Å². The zero-order chi connectivity index (χ0) is 12.1. The van der Waals surface area contributed by atoms with E-state index < -0.39 is 0 Å². The molecule has 1 amide bonds. The van der Waals surface area contributed by atoms with Crippen LogP contribution in [0, 0.1) is 12.3 Å². The van der Waals surface area contributed by atoms with Gasteiger partial charge in [-0.2, -0.15) is 0 Å². The van der Waals surface area contributed by atoms with E-state index in [0.717, 1.165) is 17.3 Å². The normalized spacial score (nSPS) is 10.1. The maximum absolute atomic E-state index is 11.8. The summed E-state index contributed by atoms with van der Waals surface area (Å²) in [6.45, 7) is 0.617. The van der Waals surface area contributed by atoms with Gasteiger partial charge in [0.2, 0.25) is 0 Å². The van der Waals surface area contributed by atoms with Crippen LogP contribution in [0.1, 0.15) is 23.2 Å². The van der Waals surface area contributed by atoms with Crippen LogP contribution >= 0.6 is 0 Å². The van der Waals surface area contributed by atoms with Gasteiger partial charge >= 0.3 is 0 Å². The van der Waals surface area contributed by atoms with Crippen LogP contribution in [0.4, 0.5) is 0 Å². The first-order valence-corrected chi connectivity index (χ1v) is 5.60. The third-order valence-electron chi connectivity index (χ3n) is 2.60. The van der Waals surface area contributed by atoms with Crippen LogP contribution in [0.25, 0.3) is 10.9 Å². The Balaban J connectivity index is 2.01. The van der Waals surface area contributed by atoms with Crippen molar-refractivity contribution in [3.8, 4) is 12.3 Å². The highest BCUT2D eigenvalue weighted by Gasteiger charge is 2.05. The number of carbonyl (C=O) groups is 1. The van der Waals surface area contributed by atoms with Gasteiger partial charge in [0, 0.05) is 30.2 Å². The number of aromatic nitrogens is 1. The van der Waals surface area contributed by atoms with Gasteiger partial charge in [-0.3, -0.25) is 4.79 Å². The Morgan fingerprint density at radius 2 is 2.29 bits per heavy atom. The molecular formula is C14H14N2O. The second-order valence-corrected chi connectivity index (χ2v) is 3.84. The van der Waals surface area contributed by atoms with E-state index in [1.165, 1.54) is 0 Å². The van der Waals surface area contributed by atoms with Gasteiger partial charge in [-0.15, -0.1) is 12.3 Å². The van der Waals surface area contributed by atoms with Crippen molar-refractivity contribution in [3.05, 3.63) is 36.0 Å². The monoisotopic (exact) mass is 226 g/mol. The van der Waals surface area contributed by atoms with E-state index in [9.17, 15) is 4.79 Å². The number of terminal acetylenes is 1. The van der Waals surface area contributed by atoms with E-state index in [2.05, 4.69) is 16.2 Å². The second-order valence-electron chi connectivity index (χ2n) is 3.84. The van der Waals surface area contributed by atoms with Gasteiger partial charge in [0.05, 0.1) is 0 Å². The molecule has 0 aliphatic rings. The number of unbranched alkanes of at least 4 members (excludes halogenated alkanes) is 1. The Morgan fingerprint density at radius 1 is 1.41 bits per heavy atom. The van der Waals surface area contributed by atoms with Crippen molar-refractivity contribution in [2.75, 3.05) is 6.54 Å². The highest BCUT2D eigenvalue weighted by molar-refractivity contribution is 5.97. The number of fused-ring (bicyclic) bond motifs is 1. The van der Waals surface area contributed by atoms with Gasteiger partial charge in [-0.1, -0.05) is 6.07 Å². The fraction of sp³-hybridized carbons (Fsp3) is 0.214. The number of carbonyl (C=O) groups excluding carboxylic acids is 1. The summed E-state index contributed by atoms with van der Waals surface area (Å²) in [5.74, 6) is 2.49. The molecule has 2 aromatic rings. The zero-order valence-electron chi connectivity index (χ0n) is 9.49. The van der Waals surface area contributed by atoms with Crippen LogP contribution in [-0.4, -0.2) is 17.4 Å². The minimum atomic E-state index is -0.0569. The van der Waals surface area contributed by atoms with Crippen LogP contribution in [-0.2, 0) is 0 Å². The summed E-state index contributed by atoms with van der Waals surface area (Å²) in [5.41, 5.74) is 1.64. The van der Waals surface area contributed by atoms with E-state index in [0.29, 0.717) is 18.5 Å². The third-order valence-corrected chi connectivity index (χ3v) is 2.60. The first kappa shape index (κ1) is 11.3. The molecule has 3 heteroatoms. The van der Waals surface area contributed by atoms with Gasteiger partial charge in [0.15, 0.2) is 0 Å². The molecule has 0 saturated heterocycles. The largest absolute Gasteiger partial charge is 0.361 e. The average molecular weight is 226 g/mol. The Hall–Kier alpha value is -2.21. The van der Waals surface area contributed by atoms with E-state index in [4.69, 9.17) is 6.42 Å². The molecule has 0 bridgehead atoms. The van der Waals surface area contributed by atoms with Gasteiger partial charge in [-0.05, 0) is 30.0 Å². The van der Waals surface area contributed by atoms with Crippen molar-refractivity contribution in [1.82, 2.24) is 10.3 Å². The molecule has 0 saturated carbocycles. The van der Waals surface area contributed by atoms with Crippen molar-refractivity contribution in [1.29, 1.82) is 0 Å². The lowest BCUT2D eigenvalue weighted by molar-refractivity contribution is 0.0953. The highest BCUT2D eigenvalue weighted by Crippen LogP contribution is 2.13. The molecule has 0 radical (unpaired) electrons. The number of hydrogen-bond donors (Lipinski definition) is 2. The summed E-state index contributed by atoms with van der Waals surface area (Å²) >= 11 is 0. The van der Waals surface area contributed by atoms with Crippen LogP contribution in [0.3, 0.4) is 0 Å². The van der Waals surface area contributed by atoms with Gasteiger partial charge < -0.3 is 10.3 Å². The first-order chi connectivity index (χ1) is 8.31. The predicted molar refractivity (Wildman–Crippen MR) is 68.7 cm³/mol. The summed E-state index contributed by atoms with van der Waals surface area (Å²) in [5, 5.41) is 3.95. The molecular weight excluding hydrogens is 212 g/mol. The van der Waals surface area contributed by atoms with Crippen LogP contribution in [0.15, 0.2) is 30.5 Å². The molecule has 1 heterocycles. The summed E-state index contributed by atoms with van der Waals surface area (Å²) in [4.78, 5) is 14.9. The van der Waals surface area contributed by atoms with Gasteiger partial charge in [0.1, 0.15) is 0 Å². The molecule has 17 heavy (non-hydrogen) atoms. The number of nitrogens with one attached hydrogen (secondary N) is 2. The molecule has 2 rings (SSSR count). The van der Waals surface area contributed by atoms with Crippen molar-refractivity contribution in [2.45, 2.75) is 12.8 Å². The molecule has 1 aromatic heterocycles. The number of hydrogen-bond acceptors (Lipinski definition) is 1. The lowest BCUT2D eigenvalue weighted by Crippen LogP contribution is -2.24. The lowest BCUT2D eigenvalue weighted by atomic mass is 10.1. The van der Waals surface area contributed by atoms with E-state index in [-0.39, 0.29) is 5.91 Å². The molecule has 86 valence electrons. The SMILES string of the molecule is C#CCCCNC(=O)c1ccc2cc[nH]c2c1. The minimum Gasteiger partial charge on any atom is -0.361 e. The smallest absolute Gasteiger partial charge is 0.251 e. The van der Waals surface area contributed by atoms with Crippen LogP contribution < -0.4 is 5.32 Å². The predicted octanol–water partition coefficient (Wildman–Crippen LogP) is 2.31. The highest BCUT2D eigenvalue weighted by atomic mass is 16.1. The molecule has 3 nitrogen and oxygen atoms in total. The van der Waals surface area contributed by atoms with Gasteiger partial charge in [-0.25, -0.2) is 0 Å². The standard InChI is InChI=1S/C14H14N2O/c1-2-3-4-8-16-14(17)12-6-5-11-7-9-15-13(11)10-12/h1,5-7,9-10,15H,3-4,8H2,(H,16,17). The molecule has 0 atom stereocenters. The summed E-state index contributed by atoms with van der Waals surface area (Å²) in [6.07, 6.45) is 8.50. The average Bonchev–Trinajstić information content (AvgIpc) is 2.81. The maximum atomic E-state index is 11.8. The Bertz CT molecular complexity index is 563. The second kappa shape index (κ2) is 5.22. The molecule has 2 N–H and O–H groups in total. The number of amides is 1. The Labute approximate surface area is 100 Å². The maximum Gasteiger partial charge on any atom is 0.251 e. The van der Waals surface area contributed by atoms with Crippen molar-refractivity contribution < 1.29 is 4.79 Å². The Morgan fingerprint density at radius 3 is 3.12 bits per heavy atom. The number of benzene rings is 1. The molecule has 0 aliphatic heterocycles. The zero-order valence-corrected chi connectivity index (χ0v) is 9.49. The summed E-state index contributed by atoms with van der Waals surface area (Å²) in [7, 11) is 0. The summed E-state index contributed by atoms with van der Waals surface area (Å²) < 4.78 is 0. The van der Waals surface area contributed by atoms with Gasteiger partial charge in [0.25, 0.3) is 5.91 Å². The van der Waals surface area contributed by atoms with E-state index in [1.54, 1.807) is 0 Å². The van der Waals surface area contributed by atoms with Crippen molar-refractivity contribution in [2.24, 2.45) is 0 Å². The molecule has 0 unspecified atom stereocenters. The number of rotatable bonds is 4. The molecule has 0 spiro atoms. The van der Waals surface area contributed by atoms with Crippen molar-refractivity contribution >= 4 is 16.8 Å². The van der Waals surface area contributed by atoms with E-state index in [1.807, 2.05) is 30.5 Å². The lowest BCUT2D eigenvalue weighted by Gasteiger charge is -2.04. The number of H-pyrrole nitrogens is 1. The molecule has 0 fully saturated rings. The fourth-order valence-corrected chi connectivity index (χ4v) is 1.68. The first-order valence-electron chi connectivity index (χ1n) is 5.60. The molecule has 1 aromatic carbocycles. The number of aromatic amines is 1. The van der Waals surface area contributed by atoms with E-state index >= 15 is 0 Å². The molecule has 0 aliphatic carbocycles. The van der Waals surface area contributed by atoms with Crippen LogP contribution in [0.5, 0.6) is 0 Å². The third kappa shape index (κ3) is 2.67. The minimum absolute atomic E-state index is 0.0569. The quantitative estimate of drug-likeness (QED) is 0.610.